The summed E-state index contributed by atoms with van der Waals surface area (Å²) in [6.07, 6.45) is 29.1. The minimum absolute atomic E-state index is 0.111. The second-order valence-corrected chi connectivity index (χ2v) is 39.5. The lowest BCUT2D eigenvalue weighted by molar-refractivity contribution is -0.00879. The Bertz CT molecular complexity index is 6240. The van der Waals surface area contributed by atoms with Crippen molar-refractivity contribution in [1.29, 1.82) is 25.3 Å². The van der Waals surface area contributed by atoms with Gasteiger partial charge in [-0.3, -0.25) is 23.6 Å². The predicted octanol–water partition coefficient (Wildman–Crippen LogP) is 11.4. The predicted molar refractivity (Wildman–Crippen MR) is 472 cm³/mol. The molecule has 22 rings (SSSR count). The van der Waals surface area contributed by atoms with Crippen LogP contribution in [0.4, 0.5) is 17.5 Å². The fourth-order valence-corrected chi connectivity index (χ4v) is 23.0. The average molecular weight is 1740 g/mol. The van der Waals surface area contributed by atoms with E-state index >= 15 is 0 Å². The van der Waals surface area contributed by atoms with E-state index in [0.29, 0.717) is 130 Å². The maximum atomic E-state index is 11.7. The normalized spacial score (nSPS) is 23.2. The lowest BCUT2D eigenvalue weighted by Crippen LogP contribution is -2.68. The van der Waals surface area contributed by atoms with Crippen molar-refractivity contribution >= 4 is 64.3 Å². The summed E-state index contributed by atoms with van der Waals surface area (Å²) in [6.45, 7) is 8.62. The van der Waals surface area contributed by atoms with Gasteiger partial charge in [-0.2, -0.15) is 31.1 Å². The van der Waals surface area contributed by atoms with E-state index in [9.17, 15) is 28.4 Å². The second kappa shape index (κ2) is 36.3. The van der Waals surface area contributed by atoms with Gasteiger partial charge in [0.05, 0.1) is 118 Å². The van der Waals surface area contributed by atoms with Gasteiger partial charge in [0, 0.05) is 243 Å². The third-order valence-electron chi connectivity index (χ3n) is 25.0. The largest absolute Gasteiger partial charge is 0.492 e. The van der Waals surface area contributed by atoms with Gasteiger partial charge in [-0.25, -0.2) is 51.9 Å². The quantitative estimate of drug-likeness (QED) is 0.0508. The van der Waals surface area contributed by atoms with Crippen molar-refractivity contribution in [3.05, 3.63) is 193 Å². The van der Waals surface area contributed by atoms with E-state index in [2.05, 4.69) is 109 Å². The van der Waals surface area contributed by atoms with Crippen molar-refractivity contribution in [3.8, 4) is 92.2 Å². The zero-order valence-corrected chi connectivity index (χ0v) is 72.1. The highest BCUT2D eigenvalue weighted by atomic mass is 32.2. The molecule has 125 heavy (non-hydrogen) atoms. The zero-order valence-electron chi connectivity index (χ0n) is 69.6. The molecule has 0 radical (unpaired) electrons. The molecule has 0 amide bonds. The Labute approximate surface area is 727 Å². The SMILES string of the molecule is COc1ccc(CN2C3CC2CN(c2ccc(-c4cc(OCCC5CCS(=O)CC5)cn5ncc(C#N)c45)cn2)C3)cn1.COc1ccc(CN2C3CC2CN(c2ccc(-c4cc(OCCC5CS(=N)(=O)C5)cn5ncc(C#N)c45)cn2)C3)cn1.COc1ccc(OC2CCN(c3ccc(-c4cc(OCC5CS(=N)(=O)C5)cn5ncc(C#N)c45)cn3)CC2)cn1. The van der Waals surface area contributed by atoms with Crippen LogP contribution in [0.2, 0.25) is 0 Å². The molecular weight excluding hydrogens is 1650 g/mol. The zero-order chi connectivity index (χ0) is 85.9. The highest BCUT2D eigenvalue weighted by Gasteiger charge is 2.46. The average Bonchev–Trinajstić information content (AvgIpc) is 1.20. The van der Waals surface area contributed by atoms with Gasteiger partial charge in [-0.1, -0.05) is 12.1 Å². The molecule has 0 spiro atoms. The first-order valence-electron chi connectivity index (χ1n) is 42.1. The fraction of sp³-hybridized carbons (Fsp3) is 0.400. The van der Waals surface area contributed by atoms with Crippen LogP contribution in [0.5, 0.6) is 40.6 Å². The van der Waals surface area contributed by atoms with Crippen LogP contribution < -0.4 is 47.9 Å². The number of piperidine rings is 3. The summed E-state index contributed by atoms with van der Waals surface area (Å²) in [5.41, 5.74) is 11.2. The third kappa shape index (κ3) is 18.7. The molecule has 0 saturated carbocycles. The van der Waals surface area contributed by atoms with E-state index in [-0.39, 0.29) is 17.9 Å². The standard InChI is InChI=1S/C32H35N7O3S.C30H32N8O3S.C28H29N7O4S/c1-41-31-5-2-23(15-35-31)18-38-26-12-27(38)20-37(19-26)30-4-3-24(16-34-30)29-13-28(21-39-32(29)25(14-33)17-36-39)42-9-6-22-7-10-43(40)11-8-22;1-40-29-5-2-20(11-34-29)14-37-24-8-25(37)16-36(15-24)28-4-3-22(12-33-28)27-9-26(17-38-30(27)23(10-31)13-35-38)41-7-6-21-18-42(32,39)19-21;1-37-27-5-3-23(14-32-27)39-22-6-8-34(9-7-22)26-4-2-20(12-31-26)25-10-24(38-16-19-17-40(30,36)18-19)15-35-28(25)21(11-29)13-33-35/h2-5,13,15-17,21-22,26-27H,6-12,18-20H2,1H3;2-5,9,11-13,17,21,24-25,32H,6-8,14-16,18-19H2,1H3;2-5,10,12-15,19,22,30H,6-9,16-18H2,1H3. The van der Waals surface area contributed by atoms with Gasteiger partial charge in [0.25, 0.3) is 0 Å². The maximum absolute atomic E-state index is 11.7. The molecule has 0 aromatic carbocycles. The molecular formula is C90H96N22O10S3. The number of aromatic nitrogens is 12. The maximum Gasteiger partial charge on any atom is 0.213 e. The van der Waals surface area contributed by atoms with Crippen molar-refractivity contribution < 1.29 is 45.8 Å². The van der Waals surface area contributed by atoms with Gasteiger partial charge in [-0.05, 0) is 122 Å². The molecule has 0 aliphatic carbocycles. The minimum atomic E-state index is -2.41. The first-order valence-corrected chi connectivity index (χ1v) is 47.4. The highest BCUT2D eigenvalue weighted by Crippen LogP contribution is 2.41. The number of hydrogen-bond acceptors (Lipinski definition) is 29. The summed E-state index contributed by atoms with van der Waals surface area (Å²) in [7, 11) is -0.559. The number of fused-ring (bicyclic) bond motifs is 7. The van der Waals surface area contributed by atoms with Crippen molar-refractivity contribution in [3.63, 3.8) is 0 Å². The van der Waals surface area contributed by atoms with E-state index < -0.39 is 30.3 Å². The number of ether oxygens (including phenoxy) is 7. The van der Waals surface area contributed by atoms with Gasteiger partial charge in [0.15, 0.2) is 0 Å². The van der Waals surface area contributed by atoms with Crippen LogP contribution in [0.3, 0.4) is 0 Å². The number of anilines is 3. The Morgan fingerprint density at radius 3 is 1.22 bits per heavy atom. The molecule has 35 heteroatoms. The molecule has 10 saturated heterocycles. The van der Waals surface area contributed by atoms with Crippen molar-refractivity contribution in [1.82, 2.24) is 68.5 Å². The second-order valence-electron chi connectivity index (χ2n) is 33.3. The summed E-state index contributed by atoms with van der Waals surface area (Å²) in [4.78, 5) is 39.5. The smallest absolute Gasteiger partial charge is 0.213 e. The lowest BCUT2D eigenvalue weighted by Gasteiger charge is -2.56. The van der Waals surface area contributed by atoms with E-state index in [1.807, 2.05) is 85.7 Å². The van der Waals surface area contributed by atoms with E-state index in [1.165, 1.54) is 24.0 Å². The van der Waals surface area contributed by atoms with Gasteiger partial charge >= 0.3 is 0 Å². The molecule has 2 N–H and O–H groups in total. The number of nitrogens with one attached hydrogen (secondary N) is 2. The van der Waals surface area contributed by atoms with Crippen LogP contribution in [0.25, 0.3) is 49.9 Å². The minimum Gasteiger partial charge on any atom is -0.492 e. The highest BCUT2D eigenvalue weighted by molar-refractivity contribution is 7.94. The van der Waals surface area contributed by atoms with Gasteiger partial charge < -0.3 is 47.9 Å². The fourth-order valence-electron chi connectivity index (χ4n) is 18.2. The monoisotopic (exact) mass is 1740 g/mol. The molecule has 12 aromatic heterocycles. The van der Waals surface area contributed by atoms with Gasteiger partial charge in [0.2, 0.25) is 17.6 Å². The molecule has 22 heterocycles. The summed E-state index contributed by atoms with van der Waals surface area (Å²) >= 11 is 0. The molecule has 4 bridgehead atoms. The Morgan fingerprint density at radius 2 is 0.848 bits per heavy atom. The van der Waals surface area contributed by atoms with Crippen LogP contribution in [-0.2, 0) is 43.3 Å². The number of hydrogen-bond donors (Lipinski definition) is 2. The van der Waals surface area contributed by atoms with Crippen LogP contribution in [0, 0.1) is 61.3 Å². The molecule has 4 atom stereocenters. The summed E-state index contributed by atoms with van der Waals surface area (Å²) in [5, 5.41) is 42.3. The number of nitrogens with zero attached hydrogens (tertiary/aromatic N) is 20. The van der Waals surface area contributed by atoms with Crippen LogP contribution in [0.15, 0.2) is 165 Å². The number of methoxy groups -OCH3 is 3. The van der Waals surface area contributed by atoms with Crippen LogP contribution in [0.1, 0.15) is 79.2 Å². The molecule has 32 nitrogen and oxygen atoms in total. The summed E-state index contributed by atoms with van der Waals surface area (Å²) in [6, 6.07) is 38.5. The molecule has 4 unspecified atom stereocenters. The molecule has 644 valence electrons. The summed E-state index contributed by atoms with van der Waals surface area (Å²) in [5.74, 6) is 11.5. The summed E-state index contributed by atoms with van der Waals surface area (Å²) < 4.78 is 95.2. The third-order valence-corrected chi connectivity index (χ3v) is 30.4. The van der Waals surface area contributed by atoms with Crippen LogP contribution >= 0.6 is 0 Å². The van der Waals surface area contributed by atoms with Gasteiger partial charge in [-0.15, -0.1) is 0 Å². The van der Waals surface area contributed by atoms with Crippen molar-refractivity contribution in [2.75, 3.05) is 130 Å². The van der Waals surface area contributed by atoms with E-state index in [0.717, 1.165) is 170 Å². The van der Waals surface area contributed by atoms with Gasteiger partial charge in [0.1, 0.15) is 64.8 Å². The van der Waals surface area contributed by atoms with Crippen molar-refractivity contribution in [2.24, 2.45) is 17.8 Å². The number of piperazine rings is 2. The Kier molecular flexibility index (Phi) is 24.2. The molecule has 10 fully saturated rings. The number of pyridine rings is 9. The van der Waals surface area contributed by atoms with E-state index in [4.69, 9.17) is 57.7 Å². The van der Waals surface area contributed by atoms with Crippen molar-refractivity contribution in [2.45, 2.75) is 94.7 Å². The Morgan fingerprint density at radius 1 is 0.448 bits per heavy atom. The topological polar surface area (TPSA) is 380 Å². The first kappa shape index (κ1) is 83.3. The number of nitriles is 3. The molecule has 10 aliphatic rings. The Balaban J connectivity index is 0.000000127. The lowest BCUT2D eigenvalue weighted by atomic mass is 9.87. The van der Waals surface area contributed by atoms with Crippen LogP contribution in [-0.4, -0.2) is 226 Å². The number of rotatable bonds is 26. The molecule has 12 aromatic rings. The van der Waals surface area contributed by atoms with E-state index in [1.54, 1.807) is 78.1 Å². The molecule has 10 aliphatic heterocycles. The first-order chi connectivity index (χ1) is 60.9. The Hall–Kier alpha value is -12.6.